The molecule has 2 unspecified atom stereocenters. The highest BCUT2D eigenvalue weighted by molar-refractivity contribution is 5.37. The van der Waals surface area contributed by atoms with Crippen LogP contribution in [0.15, 0.2) is 12.1 Å². The van der Waals surface area contributed by atoms with Gasteiger partial charge in [-0.05, 0) is 50.3 Å². The van der Waals surface area contributed by atoms with Crippen molar-refractivity contribution in [1.29, 1.82) is 0 Å². The Labute approximate surface area is 95.3 Å². The maximum Gasteiger partial charge on any atom is 0.129 e. The summed E-state index contributed by atoms with van der Waals surface area (Å²) in [7, 11) is 0. The Hall–Kier alpha value is -0.930. The maximum absolute atomic E-state index is 13.9. The third-order valence-electron chi connectivity index (χ3n) is 3.43. The predicted octanol–water partition coefficient (Wildman–Crippen LogP) is 2.14. The summed E-state index contributed by atoms with van der Waals surface area (Å²) < 4.78 is 13.9. The predicted molar refractivity (Wildman–Crippen MR) is 61.6 cm³/mol. The van der Waals surface area contributed by atoms with Crippen LogP contribution in [0.5, 0.6) is 0 Å². The maximum atomic E-state index is 13.9. The quantitative estimate of drug-likeness (QED) is 0.766. The Morgan fingerprint density at radius 2 is 2.12 bits per heavy atom. The average molecular weight is 223 g/mol. The molecular formula is C13H18FNO. The standard InChI is InChI=1S/C13H18FNO/c1-8-5-9(2)12(11(14)6-8)13(16)4-3-10(15)7-13/h5-6,10,16H,3-4,7,15H2,1-2H3. The van der Waals surface area contributed by atoms with Gasteiger partial charge in [-0.2, -0.15) is 0 Å². The summed E-state index contributed by atoms with van der Waals surface area (Å²) in [6, 6.07) is 3.36. The van der Waals surface area contributed by atoms with Gasteiger partial charge in [0.2, 0.25) is 0 Å². The summed E-state index contributed by atoms with van der Waals surface area (Å²) >= 11 is 0. The molecule has 16 heavy (non-hydrogen) atoms. The zero-order valence-electron chi connectivity index (χ0n) is 9.76. The lowest BCUT2D eigenvalue weighted by Crippen LogP contribution is -2.27. The highest BCUT2D eigenvalue weighted by Gasteiger charge is 2.40. The zero-order valence-corrected chi connectivity index (χ0v) is 9.76. The van der Waals surface area contributed by atoms with Crippen LogP contribution in [0.4, 0.5) is 4.39 Å². The minimum absolute atomic E-state index is 0.0231. The molecule has 1 fully saturated rings. The van der Waals surface area contributed by atoms with E-state index in [0.717, 1.165) is 17.5 Å². The first-order valence-corrected chi connectivity index (χ1v) is 5.67. The number of aryl methyl sites for hydroxylation is 2. The van der Waals surface area contributed by atoms with Gasteiger partial charge in [0.05, 0.1) is 5.60 Å². The SMILES string of the molecule is Cc1cc(C)c(C2(O)CCC(N)C2)c(F)c1. The fraction of sp³-hybridized carbons (Fsp3) is 0.538. The fourth-order valence-electron chi connectivity index (χ4n) is 2.79. The van der Waals surface area contributed by atoms with Crippen LogP contribution >= 0.6 is 0 Å². The Morgan fingerprint density at radius 1 is 1.44 bits per heavy atom. The molecule has 0 saturated heterocycles. The van der Waals surface area contributed by atoms with Crippen LogP contribution in [0, 0.1) is 19.7 Å². The molecule has 0 aromatic heterocycles. The minimum Gasteiger partial charge on any atom is -0.385 e. The van der Waals surface area contributed by atoms with E-state index in [1.165, 1.54) is 6.07 Å². The minimum atomic E-state index is -1.07. The number of hydrogen-bond acceptors (Lipinski definition) is 2. The van der Waals surface area contributed by atoms with Crippen molar-refractivity contribution in [1.82, 2.24) is 0 Å². The summed E-state index contributed by atoms with van der Waals surface area (Å²) in [5.41, 5.74) is 6.86. The van der Waals surface area contributed by atoms with Gasteiger partial charge in [0.15, 0.2) is 0 Å². The lowest BCUT2D eigenvalue weighted by atomic mass is 9.87. The van der Waals surface area contributed by atoms with Crippen LogP contribution in [0.2, 0.25) is 0 Å². The van der Waals surface area contributed by atoms with Crippen molar-refractivity contribution in [3.8, 4) is 0 Å². The van der Waals surface area contributed by atoms with Gasteiger partial charge in [0.25, 0.3) is 0 Å². The topological polar surface area (TPSA) is 46.2 Å². The molecule has 0 bridgehead atoms. The summed E-state index contributed by atoms with van der Waals surface area (Å²) in [5, 5.41) is 10.5. The molecule has 3 N–H and O–H groups in total. The first-order chi connectivity index (χ1) is 7.42. The summed E-state index contributed by atoms with van der Waals surface area (Å²) in [4.78, 5) is 0. The molecule has 0 amide bonds. The molecule has 0 spiro atoms. The molecule has 2 atom stereocenters. The van der Waals surface area contributed by atoms with Gasteiger partial charge >= 0.3 is 0 Å². The molecule has 0 radical (unpaired) electrons. The molecule has 0 aliphatic heterocycles. The van der Waals surface area contributed by atoms with Crippen molar-refractivity contribution >= 4 is 0 Å². The van der Waals surface area contributed by atoms with E-state index < -0.39 is 5.60 Å². The van der Waals surface area contributed by atoms with Gasteiger partial charge < -0.3 is 10.8 Å². The first kappa shape index (κ1) is 11.6. The van der Waals surface area contributed by atoms with Crippen molar-refractivity contribution in [2.45, 2.75) is 44.8 Å². The Morgan fingerprint density at radius 3 is 2.62 bits per heavy atom. The van der Waals surface area contributed by atoms with Crippen molar-refractivity contribution in [2.24, 2.45) is 5.73 Å². The molecule has 1 saturated carbocycles. The number of aliphatic hydroxyl groups is 1. The van der Waals surface area contributed by atoms with Crippen LogP contribution in [0.25, 0.3) is 0 Å². The van der Waals surface area contributed by atoms with Gasteiger partial charge in [-0.1, -0.05) is 6.07 Å². The number of benzene rings is 1. The highest BCUT2D eigenvalue weighted by atomic mass is 19.1. The largest absolute Gasteiger partial charge is 0.385 e. The zero-order chi connectivity index (χ0) is 11.9. The third-order valence-corrected chi connectivity index (χ3v) is 3.43. The molecule has 88 valence electrons. The summed E-state index contributed by atoms with van der Waals surface area (Å²) in [6.07, 6.45) is 1.76. The molecule has 2 nitrogen and oxygen atoms in total. The van der Waals surface area contributed by atoms with Crippen molar-refractivity contribution in [2.75, 3.05) is 0 Å². The summed E-state index contributed by atoms with van der Waals surface area (Å²) in [6.45, 7) is 3.69. The Bertz CT molecular complexity index is 395. The van der Waals surface area contributed by atoms with Crippen LogP contribution in [0.3, 0.4) is 0 Å². The number of rotatable bonds is 1. The molecule has 1 aromatic carbocycles. The van der Waals surface area contributed by atoms with Crippen molar-refractivity contribution in [3.05, 3.63) is 34.6 Å². The van der Waals surface area contributed by atoms with E-state index in [9.17, 15) is 9.50 Å². The summed E-state index contributed by atoms with van der Waals surface area (Å²) in [5.74, 6) is -0.311. The van der Waals surface area contributed by atoms with E-state index in [4.69, 9.17) is 5.73 Å². The van der Waals surface area contributed by atoms with Crippen LogP contribution in [-0.2, 0) is 5.60 Å². The Balaban J connectivity index is 2.48. The lowest BCUT2D eigenvalue weighted by Gasteiger charge is -2.26. The molecule has 3 heteroatoms. The second-order valence-corrected chi connectivity index (χ2v) is 4.97. The van der Waals surface area contributed by atoms with E-state index in [0.29, 0.717) is 18.4 Å². The van der Waals surface area contributed by atoms with Crippen LogP contribution < -0.4 is 5.73 Å². The van der Waals surface area contributed by atoms with E-state index in [2.05, 4.69) is 0 Å². The highest BCUT2D eigenvalue weighted by Crippen LogP contribution is 2.40. The molecule has 1 aliphatic carbocycles. The molecule has 1 aliphatic rings. The van der Waals surface area contributed by atoms with Gasteiger partial charge in [0.1, 0.15) is 5.82 Å². The lowest BCUT2D eigenvalue weighted by molar-refractivity contribution is 0.0387. The number of halogens is 1. The molecule has 1 aromatic rings. The molecule has 2 rings (SSSR count). The van der Waals surface area contributed by atoms with E-state index >= 15 is 0 Å². The van der Waals surface area contributed by atoms with Gasteiger partial charge in [-0.3, -0.25) is 0 Å². The van der Waals surface area contributed by atoms with Crippen LogP contribution in [0.1, 0.15) is 36.0 Å². The van der Waals surface area contributed by atoms with E-state index in [-0.39, 0.29) is 11.9 Å². The second-order valence-electron chi connectivity index (χ2n) is 4.97. The molecular weight excluding hydrogens is 205 g/mol. The monoisotopic (exact) mass is 223 g/mol. The third kappa shape index (κ3) is 1.85. The van der Waals surface area contributed by atoms with Crippen LogP contribution in [-0.4, -0.2) is 11.1 Å². The fourth-order valence-corrected chi connectivity index (χ4v) is 2.79. The Kier molecular flexibility index (Phi) is 2.76. The van der Waals surface area contributed by atoms with Gasteiger partial charge in [-0.15, -0.1) is 0 Å². The first-order valence-electron chi connectivity index (χ1n) is 5.67. The van der Waals surface area contributed by atoms with Gasteiger partial charge in [-0.25, -0.2) is 4.39 Å². The number of hydrogen-bond donors (Lipinski definition) is 2. The van der Waals surface area contributed by atoms with Crippen molar-refractivity contribution < 1.29 is 9.50 Å². The average Bonchev–Trinajstić information content (AvgIpc) is 2.44. The second kappa shape index (κ2) is 3.82. The van der Waals surface area contributed by atoms with Gasteiger partial charge in [0, 0.05) is 11.6 Å². The van der Waals surface area contributed by atoms with E-state index in [1.54, 1.807) is 0 Å². The smallest absolute Gasteiger partial charge is 0.129 e. The van der Waals surface area contributed by atoms with E-state index in [1.807, 2.05) is 19.9 Å². The normalized spacial score (nSPS) is 29.7. The number of nitrogens with two attached hydrogens (primary N) is 1. The molecule has 0 heterocycles. The van der Waals surface area contributed by atoms with Crippen molar-refractivity contribution in [3.63, 3.8) is 0 Å².